The molecule has 0 radical (unpaired) electrons. The van der Waals surface area contributed by atoms with Crippen molar-refractivity contribution in [3.8, 4) is 0 Å². The standard InChI is InChI=1S/C14H28N2O4.CH3/c1-14(2,3)20-12(17)8-10(9-16(4,5)6)7-11(15)13(18)19;/h10-11H,7-9,15H2,1-6H3;1H3/q;-1/p+1. The van der Waals surface area contributed by atoms with Crippen LogP contribution in [0.25, 0.3) is 0 Å². The molecule has 3 N–H and O–H groups in total. The van der Waals surface area contributed by atoms with Crippen LogP contribution in [0, 0.1) is 13.3 Å². The molecule has 0 spiro atoms. The van der Waals surface area contributed by atoms with Gasteiger partial charge in [0.05, 0.1) is 34.1 Å². The molecule has 2 atom stereocenters. The number of aliphatic carboxylic acids is 1. The van der Waals surface area contributed by atoms with Crippen molar-refractivity contribution in [1.29, 1.82) is 0 Å². The first-order valence-electron chi connectivity index (χ1n) is 6.81. The molecule has 0 rings (SSSR count). The highest BCUT2D eigenvalue weighted by atomic mass is 16.6. The average molecular weight is 304 g/mol. The quantitative estimate of drug-likeness (QED) is 0.420. The predicted molar refractivity (Wildman–Crippen MR) is 83.5 cm³/mol. The van der Waals surface area contributed by atoms with Gasteiger partial charge in [-0.15, -0.1) is 0 Å². The highest BCUT2D eigenvalue weighted by molar-refractivity contribution is 5.73. The smallest absolute Gasteiger partial charge is 0.320 e. The molecule has 0 fully saturated rings. The van der Waals surface area contributed by atoms with Crippen molar-refractivity contribution in [3.63, 3.8) is 0 Å². The molecule has 0 aromatic heterocycles. The van der Waals surface area contributed by atoms with Gasteiger partial charge in [0.1, 0.15) is 11.6 Å². The Labute approximate surface area is 128 Å². The molecular weight excluding hydrogens is 272 g/mol. The summed E-state index contributed by atoms with van der Waals surface area (Å²) in [5.74, 6) is -1.47. The summed E-state index contributed by atoms with van der Waals surface area (Å²) in [6, 6.07) is -0.950. The zero-order valence-corrected chi connectivity index (χ0v) is 14.5. The lowest BCUT2D eigenvalue weighted by atomic mass is 9.95. The van der Waals surface area contributed by atoms with Gasteiger partial charge in [-0.25, -0.2) is 0 Å². The summed E-state index contributed by atoms with van der Waals surface area (Å²) < 4.78 is 5.93. The SMILES string of the molecule is CC(C)(C)OC(=O)CC(CC(N)C(=O)O)C[N+](C)(C)C.[CH3-]. The van der Waals surface area contributed by atoms with Gasteiger partial charge in [-0.3, -0.25) is 9.59 Å². The predicted octanol–water partition coefficient (Wildman–Crippen LogP) is 1.29. The Hall–Kier alpha value is -1.14. The summed E-state index contributed by atoms with van der Waals surface area (Å²) in [6.45, 7) is 6.09. The van der Waals surface area contributed by atoms with Gasteiger partial charge in [-0.2, -0.15) is 0 Å². The molecule has 2 unspecified atom stereocenters. The van der Waals surface area contributed by atoms with Crippen molar-refractivity contribution in [3.05, 3.63) is 7.43 Å². The van der Waals surface area contributed by atoms with E-state index in [-0.39, 0.29) is 32.2 Å². The van der Waals surface area contributed by atoms with Crippen LogP contribution in [-0.2, 0) is 14.3 Å². The molecule has 6 nitrogen and oxygen atoms in total. The molecule has 0 aliphatic heterocycles. The topological polar surface area (TPSA) is 89.6 Å². The fourth-order valence-corrected chi connectivity index (χ4v) is 2.08. The van der Waals surface area contributed by atoms with E-state index in [4.69, 9.17) is 15.6 Å². The first kappa shape index (κ1) is 22.1. The molecule has 0 heterocycles. The van der Waals surface area contributed by atoms with E-state index in [1.54, 1.807) is 0 Å². The Balaban J connectivity index is 0. The van der Waals surface area contributed by atoms with E-state index in [2.05, 4.69) is 0 Å². The normalized spacial score (nSPS) is 14.8. The summed E-state index contributed by atoms with van der Waals surface area (Å²) >= 11 is 0. The van der Waals surface area contributed by atoms with Crippen LogP contribution in [0.1, 0.15) is 33.6 Å². The molecular formula is C15H32N2O4. The number of carbonyl (C=O) groups excluding carboxylic acids is 1. The lowest BCUT2D eigenvalue weighted by Crippen LogP contribution is -2.43. The van der Waals surface area contributed by atoms with Crippen molar-refractivity contribution in [1.82, 2.24) is 0 Å². The van der Waals surface area contributed by atoms with Crippen molar-refractivity contribution < 1.29 is 23.9 Å². The summed E-state index contributed by atoms with van der Waals surface area (Å²) in [4.78, 5) is 22.8. The van der Waals surface area contributed by atoms with E-state index in [1.807, 2.05) is 41.9 Å². The van der Waals surface area contributed by atoms with Crippen LogP contribution in [-0.4, -0.2) is 60.9 Å². The Bertz CT molecular complexity index is 343. The lowest BCUT2D eigenvalue weighted by molar-refractivity contribution is -0.873. The van der Waals surface area contributed by atoms with E-state index in [0.29, 0.717) is 11.0 Å². The van der Waals surface area contributed by atoms with E-state index in [1.165, 1.54) is 0 Å². The second kappa shape index (κ2) is 8.34. The van der Waals surface area contributed by atoms with Crippen LogP contribution in [0.15, 0.2) is 0 Å². The minimum Gasteiger partial charge on any atom is -0.480 e. The van der Waals surface area contributed by atoms with Gasteiger partial charge in [0.2, 0.25) is 0 Å². The Morgan fingerprint density at radius 1 is 1.24 bits per heavy atom. The second-order valence-electron chi connectivity index (χ2n) is 7.31. The van der Waals surface area contributed by atoms with Gasteiger partial charge in [-0.05, 0) is 27.2 Å². The van der Waals surface area contributed by atoms with Crippen LogP contribution in [0.5, 0.6) is 0 Å². The fourth-order valence-electron chi connectivity index (χ4n) is 2.08. The van der Waals surface area contributed by atoms with Gasteiger partial charge < -0.3 is 27.5 Å². The maximum absolute atomic E-state index is 11.9. The first-order valence-corrected chi connectivity index (χ1v) is 6.81. The molecule has 0 aliphatic rings. The summed E-state index contributed by atoms with van der Waals surface area (Å²) in [5, 5.41) is 8.90. The molecule has 0 saturated heterocycles. The molecule has 126 valence electrons. The number of carboxylic acids is 1. The monoisotopic (exact) mass is 304 g/mol. The Morgan fingerprint density at radius 2 is 1.71 bits per heavy atom. The number of hydrogen-bond acceptors (Lipinski definition) is 4. The van der Waals surface area contributed by atoms with Crippen molar-refractivity contribution >= 4 is 11.9 Å². The lowest BCUT2D eigenvalue weighted by Gasteiger charge is -2.30. The molecule has 0 saturated carbocycles. The number of quaternary nitrogens is 1. The molecule has 6 heteroatoms. The molecule has 0 aliphatic carbocycles. The number of nitrogens with two attached hydrogens (primary N) is 1. The molecule has 21 heavy (non-hydrogen) atoms. The average Bonchev–Trinajstić information content (AvgIpc) is 2.10. The van der Waals surface area contributed by atoms with E-state index < -0.39 is 17.6 Å². The number of esters is 1. The number of ether oxygens (including phenoxy) is 1. The minimum absolute atomic E-state index is 0. The Morgan fingerprint density at radius 3 is 2.05 bits per heavy atom. The van der Waals surface area contributed by atoms with Crippen LogP contribution >= 0.6 is 0 Å². The summed E-state index contributed by atoms with van der Waals surface area (Å²) in [7, 11) is 5.98. The fraction of sp³-hybridized carbons (Fsp3) is 0.800. The van der Waals surface area contributed by atoms with Crippen molar-refractivity contribution in [2.45, 2.75) is 45.3 Å². The minimum atomic E-state index is -1.04. The molecule has 0 aromatic carbocycles. The van der Waals surface area contributed by atoms with E-state index in [0.717, 1.165) is 0 Å². The van der Waals surface area contributed by atoms with Gasteiger partial charge in [0.15, 0.2) is 0 Å². The van der Waals surface area contributed by atoms with Crippen molar-refractivity contribution in [2.75, 3.05) is 27.7 Å². The summed E-state index contributed by atoms with van der Waals surface area (Å²) in [6.07, 6.45) is 0.456. The number of hydrogen-bond donors (Lipinski definition) is 2. The molecule has 0 aromatic rings. The van der Waals surface area contributed by atoms with Gasteiger partial charge in [-0.1, -0.05) is 0 Å². The third-order valence-electron chi connectivity index (χ3n) is 2.59. The largest absolute Gasteiger partial charge is 0.480 e. The van der Waals surface area contributed by atoms with Crippen LogP contribution in [0.4, 0.5) is 0 Å². The molecule has 0 amide bonds. The van der Waals surface area contributed by atoms with E-state index >= 15 is 0 Å². The number of nitrogens with zero attached hydrogens (tertiary/aromatic N) is 1. The second-order valence-corrected chi connectivity index (χ2v) is 7.31. The molecule has 0 bridgehead atoms. The maximum Gasteiger partial charge on any atom is 0.320 e. The first-order chi connectivity index (χ1) is 8.80. The summed E-state index contributed by atoms with van der Waals surface area (Å²) in [5.41, 5.74) is 5.05. The van der Waals surface area contributed by atoms with Crippen molar-refractivity contribution in [2.24, 2.45) is 11.7 Å². The van der Waals surface area contributed by atoms with Crippen LogP contribution in [0.2, 0.25) is 0 Å². The Kier molecular flexibility index (Phi) is 8.79. The number of carbonyl (C=O) groups is 2. The van der Waals surface area contributed by atoms with Crippen LogP contribution in [0.3, 0.4) is 0 Å². The highest BCUT2D eigenvalue weighted by Gasteiger charge is 2.28. The number of rotatable bonds is 7. The van der Waals surface area contributed by atoms with E-state index in [9.17, 15) is 9.59 Å². The van der Waals surface area contributed by atoms with Gasteiger partial charge in [0, 0.05) is 5.92 Å². The van der Waals surface area contributed by atoms with Crippen LogP contribution < -0.4 is 5.73 Å². The highest BCUT2D eigenvalue weighted by Crippen LogP contribution is 2.18. The van der Waals surface area contributed by atoms with Gasteiger partial charge >= 0.3 is 11.9 Å². The maximum atomic E-state index is 11.9. The number of carboxylic acid groups (broad SMARTS) is 1. The third kappa shape index (κ3) is 12.3. The third-order valence-corrected chi connectivity index (χ3v) is 2.59. The zero-order chi connectivity index (χ0) is 16.1. The van der Waals surface area contributed by atoms with Gasteiger partial charge in [0.25, 0.3) is 0 Å². The zero-order valence-electron chi connectivity index (χ0n) is 14.5.